The van der Waals surface area contributed by atoms with Crippen molar-refractivity contribution in [2.45, 2.75) is 44.7 Å². The maximum Gasteiger partial charge on any atom is 0.573 e. The monoisotopic (exact) mass is 303 g/mol. The number of nitrogens with two attached hydrogens (primary N) is 1. The minimum atomic E-state index is -4.66. The zero-order valence-electron chi connectivity index (χ0n) is 11.9. The highest BCUT2D eigenvalue weighted by atomic mass is 19.4. The zero-order chi connectivity index (χ0) is 15.5. The Balaban J connectivity index is 1.93. The number of halogens is 3. The first-order chi connectivity index (χ1) is 9.89. The lowest BCUT2D eigenvalue weighted by atomic mass is 9.88. The van der Waals surface area contributed by atoms with Crippen molar-refractivity contribution in [3.05, 3.63) is 29.8 Å². The van der Waals surface area contributed by atoms with Crippen LogP contribution in [0.15, 0.2) is 24.3 Å². The maximum atomic E-state index is 12.1. The molecule has 0 aliphatic carbocycles. The summed E-state index contributed by atoms with van der Waals surface area (Å²) in [6.07, 6.45) is -1.98. The van der Waals surface area contributed by atoms with Crippen molar-refractivity contribution in [1.82, 2.24) is 0 Å². The van der Waals surface area contributed by atoms with E-state index < -0.39 is 6.36 Å². The standard InChI is InChI=1S/C15H20F3NO2/c1-2-14-12(7-8-20-14)13(19)9-10-3-5-11(6-4-10)21-15(16,17)18/h3-6,12-14H,2,7-9,19H2,1H3. The van der Waals surface area contributed by atoms with Gasteiger partial charge in [0.25, 0.3) is 0 Å². The molecular weight excluding hydrogens is 283 g/mol. The maximum absolute atomic E-state index is 12.1. The van der Waals surface area contributed by atoms with Crippen LogP contribution < -0.4 is 10.5 Å². The lowest BCUT2D eigenvalue weighted by Crippen LogP contribution is -2.36. The topological polar surface area (TPSA) is 44.5 Å². The summed E-state index contributed by atoms with van der Waals surface area (Å²) in [7, 11) is 0. The summed E-state index contributed by atoms with van der Waals surface area (Å²) in [5.41, 5.74) is 7.13. The summed E-state index contributed by atoms with van der Waals surface area (Å²) in [5, 5.41) is 0. The fourth-order valence-electron chi connectivity index (χ4n) is 2.83. The van der Waals surface area contributed by atoms with Crippen molar-refractivity contribution in [2.24, 2.45) is 11.7 Å². The Labute approximate surface area is 122 Å². The van der Waals surface area contributed by atoms with Crippen molar-refractivity contribution in [2.75, 3.05) is 6.61 Å². The van der Waals surface area contributed by atoms with Crippen LogP contribution >= 0.6 is 0 Å². The van der Waals surface area contributed by atoms with Gasteiger partial charge in [-0.15, -0.1) is 13.2 Å². The highest BCUT2D eigenvalue weighted by Crippen LogP contribution is 2.28. The van der Waals surface area contributed by atoms with Crippen LogP contribution in [0.4, 0.5) is 13.2 Å². The van der Waals surface area contributed by atoms with E-state index in [1.165, 1.54) is 12.1 Å². The molecule has 0 bridgehead atoms. The first-order valence-corrected chi connectivity index (χ1v) is 7.11. The van der Waals surface area contributed by atoms with Crippen LogP contribution in [0.3, 0.4) is 0 Å². The average Bonchev–Trinajstić information content (AvgIpc) is 2.87. The third kappa shape index (κ3) is 4.61. The Morgan fingerprint density at radius 2 is 2.00 bits per heavy atom. The van der Waals surface area contributed by atoms with Gasteiger partial charge < -0.3 is 15.2 Å². The summed E-state index contributed by atoms with van der Waals surface area (Å²) in [6, 6.07) is 5.83. The number of benzene rings is 1. The Kier molecular flexibility index (Phi) is 5.11. The smallest absolute Gasteiger partial charge is 0.406 e. The molecule has 1 heterocycles. The molecule has 1 fully saturated rings. The molecule has 0 aromatic heterocycles. The predicted octanol–water partition coefficient (Wildman–Crippen LogP) is 3.27. The van der Waals surface area contributed by atoms with Crippen LogP contribution in [0.5, 0.6) is 5.75 Å². The van der Waals surface area contributed by atoms with Gasteiger partial charge in [0, 0.05) is 18.6 Å². The minimum absolute atomic E-state index is 0.0492. The van der Waals surface area contributed by atoms with Crippen molar-refractivity contribution < 1.29 is 22.6 Å². The first kappa shape index (κ1) is 16.1. The predicted molar refractivity (Wildman–Crippen MR) is 72.9 cm³/mol. The van der Waals surface area contributed by atoms with Gasteiger partial charge in [-0.25, -0.2) is 0 Å². The fourth-order valence-corrected chi connectivity index (χ4v) is 2.83. The molecule has 1 aromatic rings. The second-order valence-corrected chi connectivity index (χ2v) is 5.33. The minimum Gasteiger partial charge on any atom is -0.406 e. The van der Waals surface area contributed by atoms with Crippen molar-refractivity contribution in [3.8, 4) is 5.75 Å². The summed E-state index contributed by atoms with van der Waals surface area (Å²) in [5.74, 6) is 0.0940. The van der Waals surface area contributed by atoms with Crippen LogP contribution in [0.2, 0.25) is 0 Å². The Morgan fingerprint density at radius 1 is 1.33 bits per heavy atom. The molecule has 0 amide bonds. The van der Waals surface area contributed by atoms with Gasteiger partial charge in [0.15, 0.2) is 0 Å². The molecule has 3 unspecified atom stereocenters. The van der Waals surface area contributed by atoms with E-state index in [2.05, 4.69) is 11.7 Å². The van der Waals surface area contributed by atoms with Crippen LogP contribution in [-0.4, -0.2) is 25.1 Å². The third-order valence-corrected chi connectivity index (χ3v) is 3.84. The fraction of sp³-hybridized carbons (Fsp3) is 0.600. The molecule has 1 aliphatic rings. The number of ether oxygens (including phenoxy) is 2. The lowest BCUT2D eigenvalue weighted by molar-refractivity contribution is -0.274. The summed E-state index contributed by atoms with van der Waals surface area (Å²) < 4.78 is 45.7. The molecule has 6 heteroatoms. The summed E-state index contributed by atoms with van der Waals surface area (Å²) >= 11 is 0. The van der Waals surface area contributed by atoms with Gasteiger partial charge in [-0.05, 0) is 37.0 Å². The largest absolute Gasteiger partial charge is 0.573 e. The van der Waals surface area contributed by atoms with E-state index in [1.807, 2.05) is 0 Å². The second kappa shape index (κ2) is 6.66. The van der Waals surface area contributed by atoms with E-state index in [0.717, 1.165) is 25.0 Å². The van der Waals surface area contributed by atoms with Gasteiger partial charge in [0.05, 0.1) is 6.10 Å². The van der Waals surface area contributed by atoms with E-state index in [0.29, 0.717) is 12.3 Å². The molecular formula is C15H20F3NO2. The van der Waals surface area contributed by atoms with E-state index in [9.17, 15) is 13.2 Å². The van der Waals surface area contributed by atoms with Gasteiger partial charge in [0.1, 0.15) is 5.75 Å². The number of hydrogen-bond acceptors (Lipinski definition) is 3. The zero-order valence-corrected chi connectivity index (χ0v) is 11.9. The van der Waals surface area contributed by atoms with Gasteiger partial charge in [-0.2, -0.15) is 0 Å². The van der Waals surface area contributed by atoms with E-state index in [-0.39, 0.29) is 17.9 Å². The van der Waals surface area contributed by atoms with Crippen LogP contribution in [0.25, 0.3) is 0 Å². The third-order valence-electron chi connectivity index (χ3n) is 3.84. The van der Waals surface area contributed by atoms with Crippen LogP contribution in [0.1, 0.15) is 25.3 Å². The second-order valence-electron chi connectivity index (χ2n) is 5.33. The molecule has 1 aliphatic heterocycles. The molecule has 3 nitrogen and oxygen atoms in total. The highest BCUT2D eigenvalue weighted by molar-refractivity contribution is 5.28. The van der Waals surface area contributed by atoms with E-state index >= 15 is 0 Å². The Hall–Kier alpha value is -1.27. The molecule has 2 N–H and O–H groups in total. The molecule has 0 radical (unpaired) electrons. The Morgan fingerprint density at radius 3 is 2.57 bits per heavy atom. The quantitative estimate of drug-likeness (QED) is 0.908. The summed E-state index contributed by atoms with van der Waals surface area (Å²) in [6.45, 7) is 2.80. The first-order valence-electron chi connectivity index (χ1n) is 7.11. The lowest BCUT2D eigenvalue weighted by Gasteiger charge is -2.23. The van der Waals surface area contributed by atoms with Crippen molar-refractivity contribution in [1.29, 1.82) is 0 Å². The van der Waals surface area contributed by atoms with E-state index in [1.54, 1.807) is 12.1 Å². The highest BCUT2D eigenvalue weighted by Gasteiger charge is 2.32. The van der Waals surface area contributed by atoms with Gasteiger partial charge in [-0.1, -0.05) is 19.1 Å². The molecule has 2 rings (SSSR count). The molecule has 1 saturated heterocycles. The van der Waals surface area contributed by atoms with Crippen LogP contribution in [0, 0.1) is 5.92 Å². The SMILES string of the molecule is CCC1OCCC1C(N)Cc1ccc(OC(F)(F)F)cc1. The molecule has 0 saturated carbocycles. The van der Waals surface area contributed by atoms with E-state index in [4.69, 9.17) is 10.5 Å². The molecule has 3 atom stereocenters. The van der Waals surface area contributed by atoms with Gasteiger partial charge in [-0.3, -0.25) is 0 Å². The molecule has 21 heavy (non-hydrogen) atoms. The van der Waals surface area contributed by atoms with Gasteiger partial charge in [0.2, 0.25) is 0 Å². The average molecular weight is 303 g/mol. The Bertz CT molecular complexity index is 447. The normalized spacial score (nSPS) is 24.0. The number of hydrogen-bond donors (Lipinski definition) is 1. The van der Waals surface area contributed by atoms with Crippen molar-refractivity contribution in [3.63, 3.8) is 0 Å². The number of alkyl halides is 3. The van der Waals surface area contributed by atoms with Crippen molar-refractivity contribution >= 4 is 0 Å². The molecule has 118 valence electrons. The molecule has 1 aromatic carbocycles. The molecule has 0 spiro atoms. The van der Waals surface area contributed by atoms with Gasteiger partial charge >= 0.3 is 6.36 Å². The summed E-state index contributed by atoms with van der Waals surface area (Å²) in [4.78, 5) is 0. The van der Waals surface area contributed by atoms with Crippen LogP contribution in [-0.2, 0) is 11.2 Å². The number of rotatable bonds is 5.